The minimum Gasteiger partial charge on any atom is -0.497 e. The zero-order chi connectivity index (χ0) is 17.0. The number of ether oxygens (including phenoxy) is 1. The summed E-state index contributed by atoms with van der Waals surface area (Å²) in [6, 6.07) is 3.97. The summed E-state index contributed by atoms with van der Waals surface area (Å²) in [5, 5.41) is 3.24. The van der Waals surface area contributed by atoms with Crippen molar-refractivity contribution in [3.63, 3.8) is 0 Å². The Hall–Kier alpha value is -1.08. The van der Waals surface area contributed by atoms with Crippen molar-refractivity contribution < 1.29 is 9.53 Å². The number of amides is 1. The zero-order valence-corrected chi connectivity index (χ0v) is 16.1. The van der Waals surface area contributed by atoms with Gasteiger partial charge in [0.1, 0.15) is 11.4 Å². The van der Waals surface area contributed by atoms with Gasteiger partial charge >= 0.3 is 0 Å². The van der Waals surface area contributed by atoms with E-state index in [1.54, 1.807) is 7.11 Å². The molecule has 1 aliphatic rings. The van der Waals surface area contributed by atoms with Crippen LogP contribution in [0.1, 0.15) is 43.7 Å². The second-order valence-corrected chi connectivity index (χ2v) is 11.5. The van der Waals surface area contributed by atoms with E-state index in [1.807, 2.05) is 26.0 Å². The van der Waals surface area contributed by atoms with E-state index in [0.29, 0.717) is 0 Å². The number of rotatable bonds is 5. The van der Waals surface area contributed by atoms with Gasteiger partial charge in [0.05, 0.1) is 19.4 Å². The zero-order valence-electron chi connectivity index (χ0n) is 15.2. The van der Waals surface area contributed by atoms with Gasteiger partial charge < -0.3 is 10.1 Å². The normalized spacial score (nSPS) is 18.3. The largest absolute Gasteiger partial charge is 0.497 e. The first kappa shape index (κ1) is 18.3. The van der Waals surface area contributed by atoms with Gasteiger partial charge in [-0.15, -0.1) is 0 Å². The minimum atomic E-state index is -1.15. The molecule has 0 saturated carbocycles. The first-order chi connectivity index (χ1) is 10.9. The molecule has 1 atom stereocenters. The molecule has 1 aromatic rings. The number of aryl methyl sites for hydroxylation is 2. The molecular weight excluding hydrogens is 305 g/mol. The Labute approximate surface area is 141 Å². The lowest BCUT2D eigenvalue weighted by molar-refractivity contribution is -0.115. The summed E-state index contributed by atoms with van der Waals surface area (Å²) < 4.78 is 5.31. The van der Waals surface area contributed by atoms with Crippen LogP contribution in [0.2, 0.25) is 0 Å². The fraction of sp³-hybridized carbons (Fsp3) is 0.632. The van der Waals surface area contributed by atoms with Crippen molar-refractivity contribution in [1.29, 1.82) is 0 Å². The molecule has 0 spiro atoms. The van der Waals surface area contributed by atoms with E-state index in [9.17, 15) is 4.79 Å². The molecule has 0 aliphatic carbocycles. The van der Waals surface area contributed by atoms with Gasteiger partial charge in [0.25, 0.3) is 5.91 Å². The molecule has 4 heteroatoms. The van der Waals surface area contributed by atoms with Crippen molar-refractivity contribution >= 4 is 18.9 Å². The highest BCUT2D eigenvalue weighted by Crippen LogP contribution is 2.64. The van der Waals surface area contributed by atoms with Crippen molar-refractivity contribution in [2.45, 2.75) is 52.1 Å². The standard InChI is InChI=1S/C19H30NO2P/c1-6-17(23(5)10-8-7-9-11-23)19(21)20-18-14(2)12-16(22-4)13-15(18)3/h12-13,17H,6-11H2,1-5H3/p+1. The summed E-state index contributed by atoms with van der Waals surface area (Å²) in [6.45, 7) is 8.64. The molecule has 1 amide bonds. The molecule has 1 N–H and O–H groups in total. The van der Waals surface area contributed by atoms with E-state index in [1.165, 1.54) is 31.6 Å². The third kappa shape index (κ3) is 4.07. The average molecular weight is 336 g/mol. The molecule has 23 heavy (non-hydrogen) atoms. The van der Waals surface area contributed by atoms with Crippen LogP contribution in [0.3, 0.4) is 0 Å². The summed E-state index contributed by atoms with van der Waals surface area (Å²) in [4.78, 5) is 13.0. The van der Waals surface area contributed by atoms with Crippen LogP contribution in [-0.4, -0.2) is 37.7 Å². The Balaban J connectivity index is 2.20. The Morgan fingerprint density at radius 3 is 2.26 bits per heavy atom. The van der Waals surface area contributed by atoms with E-state index >= 15 is 0 Å². The maximum atomic E-state index is 13.0. The molecule has 2 rings (SSSR count). The predicted octanol–water partition coefficient (Wildman–Crippen LogP) is 4.86. The number of hydrogen-bond donors (Lipinski definition) is 1. The predicted molar refractivity (Wildman–Crippen MR) is 102 cm³/mol. The number of carbonyl (C=O) groups excluding carboxylic acids is 1. The lowest BCUT2D eigenvalue weighted by Gasteiger charge is -2.33. The molecule has 0 aromatic heterocycles. The Kier molecular flexibility index (Phi) is 6.08. The molecule has 0 bridgehead atoms. The lowest BCUT2D eigenvalue weighted by Crippen LogP contribution is -2.33. The first-order valence-corrected chi connectivity index (χ1v) is 11.4. The first-order valence-electron chi connectivity index (χ1n) is 8.71. The summed E-state index contributed by atoms with van der Waals surface area (Å²) in [5.74, 6) is 1.07. The van der Waals surface area contributed by atoms with E-state index in [-0.39, 0.29) is 11.6 Å². The smallest absolute Gasteiger partial charge is 0.265 e. The fourth-order valence-corrected chi connectivity index (χ4v) is 8.15. The molecule has 1 aliphatic heterocycles. The van der Waals surface area contributed by atoms with Crippen LogP contribution in [0.5, 0.6) is 5.75 Å². The summed E-state index contributed by atoms with van der Waals surface area (Å²) >= 11 is 0. The maximum absolute atomic E-state index is 13.0. The molecule has 0 radical (unpaired) electrons. The SMILES string of the molecule is CCC(C(=O)Nc1c(C)cc(OC)cc1C)[P+]1(C)CCCCC1. The van der Waals surface area contributed by atoms with Gasteiger partial charge in [0.2, 0.25) is 0 Å². The van der Waals surface area contributed by atoms with Crippen LogP contribution in [-0.2, 0) is 4.79 Å². The van der Waals surface area contributed by atoms with Crippen LogP contribution in [0.25, 0.3) is 0 Å². The minimum absolute atomic E-state index is 0.198. The molecule has 1 fully saturated rings. The van der Waals surface area contributed by atoms with Gasteiger partial charge in [-0.3, -0.25) is 4.79 Å². The summed E-state index contributed by atoms with van der Waals surface area (Å²) in [5.41, 5.74) is 3.29. The molecule has 3 nitrogen and oxygen atoms in total. The van der Waals surface area contributed by atoms with Crippen molar-refractivity contribution in [2.75, 3.05) is 31.4 Å². The number of nitrogens with one attached hydrogen (secondary N) is 1. The van der Waals surface area contributed by atoms with E-state index in [0.717, 1.165) is 29.0 Å². The van der Waals surface area contributed by atoms with Gasteiger partial charge in [-0.25, -0.2) is 0 Å². The number of hydrogen-bond acceptors (Lipinski definition) is 2. The summed E-state index contributed by atoms with van der Waals surface area (Å²) in [7, 11) is 0.526. The van der Waals surface area contributed by atoms with Crippen LogP contribution in [0.15, 0.2) is 12.1 Å². The molecule has 1 saturated heterocycles. The Morgan fingerprint density at radius 1 is 1.22 bits per heavy atom. The fourth-order valence-electron chi connectivity index (χ4n) is 3.90. The number of carbonyl (C=O) groups is 1. The Morgan fingerprint density at radius 2 is 1.78 bits per heavy atom. The average Bonchev–Trinajstić information content (AvgIpc) is 2.51. The van der Waals surface area contributed by atoms with Gasteiger partial charge in [-0.1, -0.05) is 6.92 Å². The third-order valence-corrected chi connectivity index (χ3v) is 10.1. The van der Waals surface area contributed by atoms with Gasteiger partial charge in [-0.05, 0) is 62.8 Å². The van der Waals surface area contributed by atoms with Gasteiger partial charge in [-0.2, -0.15) is 0 Å². The van der Waals surface area contributed by atoms with Crippen molar-refractivity contribution in [2.24, 2.45) is 0 Å². The number of benzene rings is 1. The van der Waals surface area contributed by atoms with Crippen LogP contribution in [0, 0.1) is 13.8 Å². The van der Waals surface area contributed by atoms with Crippen LogP contribution < -0.4 is 10.1 Å². The topological polar surface area (TPSA) is 38.3 Å². The third-order valence-electron chi connectivity index (χ3n) is 5.27. The van der Waals surface area contributed by atoms with E-state index < -0.39 is 7.26 Å². The van der Waals surface area contributed by atoms with Crippen LogP contribution >= 0.6 is 7.26 Å². The van der Waals surface area contributed by atoms with Gasteiger partial charge in [0.15, 0.2) is 0 Å². The molecule has 1 unspecified atom stereocenters. The Bertz CT molecular complexity index is 541. The van der Waals surface area contributed by atoms with Crippen molar-refractivity contribution in [1.82, 2.24) is 0 Å². The molecule has 1 heterocycles. The number of methoxy groups -OCH3 is 1. The van der Waals surface area contributed by atoms with Gasteiger partial charge in [0, 0.05) is 19.6 Å². The maximum Gasteiger partial charge on any atom is 0.265 e. The monoisotopic (exact) mass is 336 g/mol. The highest BCUT2D eigenvalue weighted by Gasteiger charge is 2.45. The van der Waals surface area contributed by atoms with Crippen molar-refractivity contribution in [3.05, 3.63) is 23.3 Å². The lowest BCUT2D eigenvalue weighted by atomic mass is 10.1. The highest BCUT2D eigenvalue weighted by atomic mass is 31.2. The van der Waals surface area contributed by atoms with Crippen LogP contribution in [0.4, 0.5) is 5.69 Å². The van der Waals surface area contributed by atoms with Crippen molar-refractivity contribution in [3.8, 4) is 5.75 Å². The molecule has 1 aromatic carbocycles. The van der Waals surface area contributed by atoms with E-state index in [2.05, 4.69) is 18.9 Å². The quantitative estimate of drug-likeness (QED) is 0.780. The summed E-state index contributed by atoms with van der Waals surface area (Å²) in [6.07, 6.45) is 7.44. The second kappa shape index (κ2) is 7.66. The highest BCUT2D eigenvalue weighted by molar-refractivity contribution is 7.76. The number of anilines is 1. The molecule has 128 valence electrons. The van der Waals surface area contributed by atoms with E-state index in [4.69, 9.17) is 4.74 Å². The molecular formula is C19H31NO2P+. The second-order valence-electron chi connectivity index (χ2n) is 7.04.